The second-order valence-corrected chi connectivity index (χ2v) is 19.1. The molecule has 9 heteroatoms. The van der Waals surface area contributed by atoms with Crippen molar-refractivity contribution >= 4 is 40.7 Å². The van der Waals surface area contributed by atoms with Gasteiger partial charge in [0.25, 0.3) is 0 Å². The van der Waals surface area contributed by atoms with E-state index in [1.54, 1.807) is 0 Å². The van der Waals surface area contributed by atoms with Crippen molar-refractivity contribution in [3.8, 4) is 11.5 Å². The zero-order valence-corrected chi connectivity index (χ0v) is 34.7. The summed E-state index contributed by atoms with van der Waals surface area (Å²) in [5.41, 5.74) is 1.36. The molecule has 298 valence electrons. The smallest absolute Gasteiger partial charge is 0.339 e. The number of aromatic carboxylic acids is 2. The Kier molecular flexibility index (Phi) is 13.2. The minimum Gasteiger partial charge on any atom is -0.871 e. The molecule has 4 fully saturated rings. The maximum atomic E-state index is 12.5. The molecule has 0 heterocycles. The highest BCUT2D eigenvalue weighted by atomic mass is 35.5. The summed E-state index contributed by atoms with van der Waals surface area (Å²) in [6.07, 6.45) is 19.7. The fourth-order valence-corrected chi connectivity index (χ4v) is 12.8. The van der Waals surface area contributed by atoms with Gasteiger partial charge in [0.2, 0.25) is 0 Å². The largest absolute Gasteiger partial charge is 0.871 e. The number of hydrogen-bond acceptors (Lipinski definition) is 4. The van der Waals surface area contributed by atoms with Gasteiger partial charge in [0, 0.05) is 5.02 Å². The van der Waals surface area contributed by atoms with Crippen molar-refractivity contribution in [1.29, 1.82) is 0 Å². The van der Waals surface area contributed by atoms with Crippen molar-refractivity contribution in [3.63, 3.8) is 0 Å². The molecule has 0 radical (unpaired) electrons. The van der Waals surface area contributed by atoms with Crippen LogP contribution in [-0.2, 0) is 0 Å². The molecule has 9 atom stereocenters. The van der Waals surface area contributed by atoms with Crippen LogP contribution in [0.3, 0.4) is 0 Å². The molecule has 0 aromatic heterocycles. The monoisotopic (exact) mass is 783 g/mol. The Morgan fingerprint density at radius 2 is 1.48 bits per heavy atom. The number of quaternary nitrogens is 1. The fraction of sp³-hybridized carbons (Fsp3) is 0.644. The predicted molar refractivity (Wildman–Crippen MR) is 217 cm³/mol. The quantitative estimate of drug-likeness (QED) is 0.168. The lowest BCUT2D eigenvalue weighted by atomic mass is 9.44. The highest BCUT2D eigenvalue weighted by Gasteiger charge is 2.60. The van der Waals surface area contributed by atoms with Crippen LogP contribution in [0, 0.1) is 58.2 Å². The molecule has 4 saturated carbocycles. The van der Waals surface area contributed by atoms with Crippen LogP contribution in [0.1, 0.15) is 156 Å². The van der Waals surface area contributed by atoms with Crippen LogP contribution in [0.5, 0.6) is 11.5 Å². The number of rotatable bonds is 12. The van der Waals surface area contributed by atoms with E-state index in [0.717, 1.165) is 47.8 Å². The zero-order chi connectivity index (χ0) is 38.4. The third-order valence-corrected chi connectivity index (χ3v) is 15.7. The molecule has 0 aliphatic heterocycles. The predicted octanol–water partition coefficient (Wildman–Crippen LogP) is 12.5. The lowest BCUT2D eigenvalue weighted by Crippen LogP contribution is -2.53. The lowest BCUT2D eigenvalue weighted by molar-refractivity contribution is -0.268. The second-order valence-electron chi connectivity index (χ2n) is 18.3. The van der Waals surface area contributed by atoms with Crippen molar-refractivity contribution < 1.29 is 30.0 Å². The highest BCUT2D eigenvalue weighted by Crippen LogP contribution is 2.69. The Morgan fingerprint density at radius 1 is 0.852 bits per heavy atom. The van der Waals surface area contributed by atoms with E-state index >= 15 is 0 Å². The number of hydrogen-bond donors (Lipinski definition) is 4. The summed E-state index contributed by atoms with van der Waals surface area (Å²) in [6, 6.07) is 5.50. The first-order chi connectivity index (χ1) is 25.0. The number of benzene rings is 2. The summed E-state index contributed by atoms with van der Waals surface area (Å²) in [5.74, 6) is 2.27. The summed E-state index contributed by atoms with van der Waals surface area (Å²) in [5, 5.41) is 42.0. The molecular weight excluding hydrogens is 721 g/mol. The molecule has 0 saturated heterocycles. The molecule has 4 aliphatic carbocycles. The summed E-state index contributed by atoms with van der Waals surface area (Å²) < 4.78 is 0. The van der Waals surface area contributed by atoms with Gasteiger partial charge in [-0.15, -0.1) is 0 Å². The number of phenols is 1. The fourth-order valence-electron chi connectivity index (χ4n) is 12.3. The second kappa shape index (κ2) is 16.8. The summed E-state index contributed by atoms with van der Waals surface area (Å²) in [4.78, 5) is 23.9. The number of fused-ring (bicyclic) bond motifs is 5. The molecule has 7 N–H and O–H groups in total. The van der Waals surface area contributed by atoms with Crippen LogP contribution in [0.25, 0.3) is 5.57 Å². The number of halogens is 2. The van der Waals surface area contributed by atoms with E-state index < -0.39 is 29.0 Å². The van der Waals surface area contributed by atoms with Gasteiger partial charge in [-0.05, 0) is 170 Å². The molecule has 5 unspecified atom stereocenters. The van der Waals surface area contributed by atoms with Gasteiger partial charge in [-0.2, -0.15) is 0 Å². The van der Waals surface area contributed by atoms with Crippen molar-refractivity contribution in [2.45, 2.75) is 125 Å². The van der Waals surface area contributed by atoms with E-state index in [2.05, 4.69) is 34.6 Å². The molecular formula is C45H63Cl2NO6. The Labute approximate surface area is 332 Å². The van der Waals surface area contributed by atoms with E-state index in [1.165, 1.54) is 101 Å². The van der Waals surface area contributed by atoms with Crippen LogP contribution < -0.4 is 11.3 Å². The first-order valence-electron chi connectivity index (χ1n) is 20.3. The van der Waals surface area contributed by atoms with Crippen LogP contribution in [0.15, 0.2) is 30.3 Å². The molecule has 0 amide bonds. The minimum atomic E-state index is -1.39. The van der Waals surface area contributed by atoms with Gasteiger partial charge in [0.1, 0.15) is 11.3 Å². The van der Waals surface area contributed by atoms with Gasteiger partial charge in [-0.25, -0.2) is 9.59 Å². The van der Waals surface area contributed by atoms with Crippen LogP contribution in [-0.4, -0.2) is 27.3 Å². The molecule has 6 rings (SSSR count). The third-order valence-electron chi connectivity index (χ3n) is 15.1. The van der Waals surface area contributed by atoms with Gasteiger partial charge >= 0.3 is 11.9 Å². The first kappa shape index (κ1) is 42.4. The van der Waals surface area contributed by atoms with Gasteiger partial charge in [0.15, 0.2) is 0 Å². The van der Waals surface area contributed by atoms with Gasteiger partial charge in [0.05, 0.1) is 10.6 Å². The van der Waals surface area contributed by atoms with Crippen LogP contribution in [0.2, 0.25) is 10.0 Å². The van der Waals surface area contributed by atoms with E-state index in [-0.39, 0.29) is 21.8 Å². The van der Waals surface area contributed by atoms with E-state index in [9.17, 15) is 30.0 Å². The van der Waals surface area contributed by atoms with Crippen molar-refractivity contribution in [2.24, 2.45) is 58.2 Å². The Bertz CT molecular complexity index is 1670. The number of carboxylic acids is 2. The van der Waals surface area contributed by atoms with E-state index in [1.807, 2.05) is 6.08 Å². The van der Waals surface area contributed by atoms with Crippen LogP contribution in [0.4, 0.5) is 0 Å². The average molecular weight is 785 g/mol. The lowest BCUT2D eigenvalue weighted by Gasteiger charge is -2.61. The number of carboxylic acid groups (broad SMARTS) is 2. The molecule has 0 spiro atoms. The summed E-state index contributed by atoms with van der Waals surface area (Å²) in [6.45, 7) is 12.6. The Hall–Kier alpha value is -2.74. The average Bonchev–Trinajstić information content (AvgIpc) is 3.46. The van der Waals surface area contributed by atoms with Crippen molar-refractivity contribution in [2.75, 3.05) is 0 Å². The Balaban J connectivity index is 0.00000561. The van der Waals surface area contributed by atoms with Crippen LogP contribution >= 0.6 is 23.2 Å². The molecule has 7 nitrogen and oxygen atoms in total. The number of aromatic hydroxyl groups is 1. The van der Waals surface area contributed by atoms with Gasteiger partial charge in [-0.1, -0.05) is 88.9 Å². The van der Waals surface area contributed by atoms with E-state index in [4.69, 9.17) is 23.2 Å². The first-order valence-corrected chi connectivity index (χ1v) is 21.0. The summed E-state index contributed by atoms with van der Waals surface area (Å²) in [7, 11) is 0. The molecule has 54 heavy (non-hydrogen) atoms. The number of allylic oxidation sites excluding steroid dienone is 1. The molecule has 0 bridgehead atoms. The number of carbonyl (C=O) groups is 2. The third kappa shape index (κ3) is 8.07. The topological polar surface area (TPSA) is 154 Å². The zero-order valence-electron chi connectivity index (χ0n) is 33.2. The highest BCUT2D eigenvalue weighted by molar-refractivity contribution is 6.33. The molecule has 2 aromatic carbocycles. The molecule has 2 aromatic rings. The maximum Gasteiger partial charge on any atom is 0.339 e. The SMILES string of the molecule is CC(C)CCCC(C)[C@H]1CCC2C3CCC4C[C@@H](CC/C=C(\c5cc(Cl)c([O-])c(C(=O)O)c5)c5cc(Cl)c(O)c(C(=O)O)c5)CC[C@]4(C)C3CC[C@@]21C.[NH4+]. The van der Waals surface area contributed by atoms with Crippen molar-refractivity contribution in [1.82, 2.24) is 6.15 Å². The van der Waals surface area contributed by atoms with Crippen molar-refractivity contribution in [3.05, 3.63) is 62.6 Å². The minimum absolute atomic E-state index is 0. The summed E-state index contributed by atoms with van der Waals surface area (Å²) >= 11 is 12.5. The Morgan fingerprint density at radius 3 is 2.15 bits per heavy atom. The van der Waals surface area contributed by atoms with Gasteiger partial charge in [-0.3, -0.25) is 0 Å². The normalized spacial score (nSPS) is 31.2. The van der Waals surface area contributed by atoms with Gasteiger partial charge < -0.3 is 26.6 Å². The standard InChI is InChI=1S/C45H60Cl2O6.H3N/c1-25(2)8-6-9-26(3)35-14-15-36-32-13-12-30-20-27(16-18-44(30,4)37(32)17-19-45(35,36)5)10-7-11-31(28-21-33(42(50)51)40(48)38(46)23-28)29-22-34(43(52)53)41(49)39(47)24-29;/h11,21-27,30,32,35-37,48-49H,6-10,12-20H2,1-5H3,(H,50,51)(H,52,53);1H3/t26?,27-,30?,32?,35+,36?,37?,44-,45+;/m0./s1. The van der Waals surface area contributed by atoms with E-state index in [0.29, 0.717) is 39.9 Å². The maximum absolute atomic E-state index is 12.5. The molecule has 4 aliphatic rings.